The lowest BCUT2D eigenvalue weighted by atomic mass is 9.95. The zero-order valence-electron chi connectivity index (χ0n) is 74.4. The summed E-state index contributed by atoms with van der Waals surface area (Å²) in [5.41, 5.74) is 31.9. The van der Waals surface area contributed by atoms with E-state index >= 15 is 0 Å². The molecule has 0 saturated heterocycles. The summed E-state index contributed by atoms with van der Waals surface area (Å²) in [5, 5.41) is 6.35. The van der Waals surface area contributed by atoms with E-state index in [-0.39, 0.29) is 0 Å². The molecule has 0 unspecified atom stereocenters. The Morgan fingerprint density at radius 2 is 0.456 bits per heavy atom. The van der Waals surface area contributed by atoms with E-state index in [0.717, 1.165) is 224 Å². The molecule has 0 atom stereocenters. The standard InChI is InChI=1S/C40H28N6.2C40H27N5/c1-2-31-21-19-27-20-22-32-33(25-35(26-12-5-3-6-13-26)43-37(32)36(27)42-31)29-16-11-17-30(24-29)39-44-38(28-14-7-4-8-15-28)45-40(46-39)34-18-9-10-23-41-34;1-26-18-19-29-20-21-32-33(24-35(27-11-4-2-5-12-27)43-39(32)38(29)42-26)30-15-10-16-31(23-30)40-44-36(28-13-6-3-7-14-28)25-37(45-40)34-17-8-9-22-41-34;1-26-18-19-29-20-21-32-33(24-35(27-11-4-2-5-12-27)43-39(32)38(29)42-26)30-15-10-16-31(23-30)37-25-36(28-13-6-3-7-14-28)44-40(45-37)34-17-8-9-22-41-34/h3-25H,2H2,1H3;2*2-25H,1H3. The van der Waals surface area contributed by atoms with Gasteiger partial charge in [0.05, 0.1) is 78.7 Å². The summed E-state index contributed by atoms with van der Waals surface area (Å²) in [5.74, 6) is 2.94. The van der Waals surface area contributed by atoms with Gasteiger partial charge in [0, 0.05) is 118 Å². The molecule has 0 radical (unpaired) electrons. The molecule has 12 heterocycles. The van der Waals surface area contributed by atoms with Gasteiger partial charge in [-0.15, -0.1) is 0 Å². The molecule has 12 aromatic carbocycles. The summed E-state index contributed by atoms with van der Waals surface area (Å²) >= 11 is 0. The fourth-order valence-electron chi connectivity index (χ4n) is 17.3. The molecule has 0 aliphatic carbocycles. The van der Waals surface area contributed by atoms with E-state index in [9.17, 15) is 0 Å². The lowest BCUT2D eigenvalue weighted by Crippen LogP contribution is -2.01. The van der Waals surface area contributed by atoms with Gasteiger partial charge in [0.25, 0.3) is 0 Å². The van der Waals surface area contributed by atoms with Crippen molar-refractivity contribution in [2.45, 2.75) is 27.2 Å². The molecular weight excluding hydrogens is 1670 g/mol. The first kappa shape index (κ1) is 83.3. The Balaban J connectivity index is 0.000000118. The monoisotopic (exact) mass is 1750 g/mol. The Kier molecular flexibility index (Phi) is 22.9. The summed E-state index contributed by atoms with van der Waals surface area (Å²) in [4.78, 5) is 78.8. The number of rotatable bonds is 16. The number of fused-ring (bicyclic) bond motifs is 9. The van der Waals surface area contributed by atoms with Gasteiger partial charge in [0.1, 0.15) is 11.4 Å². The Morgan fingerprint density at radius 1 is 0.169 bits per heavy atom. The van der Waals surface area contributed by atoms with Gasteiger partial charge in [-0.05, 0) is 157 Å². The van der Waals surface area contributed by atoms with Gasteiger partial charge in [-0.25, -0.2) is 49.8 Å². The first-order valence-corrected chi connectivity index (χ1v) is 45.2. The van der Waals surface area contributed by atoms with Crippen LogP contribution < -0.4 is 0 Å². The van der Waals surface area contributed by atoms with Crippen LogP contribution in [0.15, 0.2) is 431 Å². The van der Waals surface area contributed by atoms with Gasteiger partial charge in [0.2, 0.25) is 0 Å². The van der Waals surface area contributed by atoms with Crippen LogP contribution in [-0.2, 0) is 6.42 Å². The van der Waals surface area contributed by atoms with Crippen molar-refractivity contribution in [1.29, 1.82) is 0 Å². The van der Waals surface area contributed by atoms with E-state index in [1.165, 1.54) is 0 Å². The van der Waals surface area contributed by atoms with Crippen molar-refractivity contribution in [2.75, 3.05) is 0 Å². The summed E-state index contributed by atoms with van der Waals surface area (Å²) < 4.78 is 0. The number of aromatic nitrogens is 16. The van der Waals surface area contributed by atoms with Crippen molar-refractivity contribution in [3.05, 3.63) is 448 Å². The van der Waals surface area contributed by atoms with Crippen LogP contribution in [-0.4, -0.2) is 79.7 Å². The third-order valence-electron chi connectivity index (χ3n) is 24.1. The molecule has 136 heavy (non-hydrogen) atoms. The Labute approximate surface area is 784 Å². The largest absolute Gasteiger partial charge is 0.255 e. The molecule has 16 heteroatoms. The maximum Gasteiger partial charge on any atom is 0.182 e. The minimum atomic E-state index is 0.528. The molecule has 0 fully saturated rings. The van der Waals surface area contributed by atoms with Crippen molar-refractivity contribution >= 4 is 65.4 Å². The topological polar surface area (TPSA) is 206 Å². The first-order valence-electron chi connectivity index (χ1n) is 45.2. The highest BCUT2D eigenvalue weighted by molar-refractivity contribution is 6.12. The van der Waals surface area contributed by atoms with Crippen LogP contribution >= 0.6 is 0 Å². The van der Waals surface area contributed by atoms with Crippen LogP contribution in [0, 0.1) is 13.8 Å². The molecule has 0 saturated carbocycles. The van der Waals surface area contributed by atoms with Crippen molar-refractivity contribution in [3.63, 3.8) is 0 Å². The molecule has 24 rings (SSSR count). The molecule has 16 nitrogen and oxygen atoms in total. The van der Waals surface area contributed by atoms with Crippen LogP contribution in [0.4, 0.5) is 0 Å². The highest BCUT2D eigenvalue weighted by Crippen LogP contribution is 2.43. The molecule has 0 N–H and O–H groups in total. The normalized spacial score (nSPS) is 11.2. The minimum Gasteiger partial charge on any atom is -0.255 e. The van der Waals surface area contributed by atoms with Crippen LogP contribution in [0.3, 0.4) is 0 Å². The predicted molar refractivity (Wildman–Crippen MR) is 549 cm³/mol. The van der Waals surface area contributed by atoms with E-state index in [1.54, 1.807) is 18.6 Å². The van der Waals surface area contributed by atoms with E-state index in [4.69, 9.17) is 64.8 Å². The number of aryl methyl sites for hydroxylation is 3. The zero-order valence-corrected chi connectivity index (χ0v) is 74.4. The molecular formula is C120H82N16. The molecule has 0 spiro atoms. The van der Waals surface area contributed by atoms with Crippen molar-refractivity contribution in [1.82, 2.24) is 79.7 Å². The van der Waals surface area contributed by atoms with E-state index < -0.39 is 0 Å². The third-order valence-corrected chi connectivity index (χ3v) is 24.1. The molecule has 0 bridgehead atoms. The van der Waals surface area contributed by atoms with Crippen LogP contribution in [0.2, 0.25) is 0 Å². The van der Waals surface area contributed by atoms with Crippen molar-refractivity contribution in [3.8, 4) is 170 Å². The summed E-state index contributed by atoms with van der Waals surface area (Å²) in [6.07, 6.45) is 6.17. The SMILES string of the molecule is CCc1ccc2ccc3c(-c4cccc(-c5nc(-c6ccccc6)nc(-c6ccccn6)n5)c4)cc(-c4ccccc4)nc3c2n1.Cc1ccc2ccc3c(-c4cccc(-c5cc(-c6ccccc6)nc(-c6ccccn6)n5)c4)cc(-c4ccccc4)nc3c2n1.Cc1ccc2ccc3c(-c4cccc(-c5nc(-c6ccccc6)cc(-c6ccccn6)n5)c4)cc(-c4ccccc4)nc3c2n1. The molecule has 0 aliphatic rings. The molecule has 0 aliphatic heterocycles. The van der Waals surface area contributed by atoms with Gasteiger partial charge in [-0.1, -0.05) is 316 Å². The van der Waals surface area contributed by atoms with Gasteiger partial charge < -0.3 is 0 Å². The quantitative estimate of drug-likeness (QED) is 0.0825. The summed E-state index contributed by atoms with van der Waals surface area (Å²) in [6.45, 7) is 6.17. The second-order valence-electron chi connectivity index (χ2n) is 33.1. The maximum absolute atomic E-state index is 5.20. The highest BCUT2D eigenvalue weighted by atomic mass is 15.0. The van der Waals surface area contributed by atoms with Gasteiger partial charge >= 0.3 is 0 Å². The van der Waals surface area contributed by atoms with E-state index in [0.29, 0.717) is 34.8 Å². The fourth-order valence-corrected chi connectivity index (χ4v) is 17.3. The summed E-state index contributed by atoms with van der Waals surface area (Å²) in [6, 6.07) is 140. The second kappa shape index (κ2) is 37.3. The first-order chi connectivity index (χ1) is 67.1. The van der Waals surface area contributed by atoms with Gasteiger partial charge in [-0.2, -0.15) is 0 Å². The number of nitrogens with zero attached hydrogens (tertiary/aromatic N) is 16. The fraction of sp³-hybridized carbons (Fsp3) is 0.0333. The molecule has 12 aromatic heterocycles. The van der Waals surface area contributed by atoms with Crippen LogP contribution in [0.25, 0.3) is 235 Å². The predicted octanol–water partition coefficient (Wildman–Crippen LogP) is 28.5. The zero-order chi connectivity index (χ0) is 91.2. The van der Waals surface area contributed by atoms with Crippen LogP contribution in [0.1, 0.15) is 24.0 Å². The summed E-state index contributed by atoms with van der Waals surface area (Å²) in [7, 11) is 0. The Hall–Kier alpha value is -18.3. The van der Waals surface area contributed by atoms with Crippen molar-refractivity contribution < 1.29 is 0 Å². The molecule has 24 aromatic rings. The van der Waals surface area contributed by atoms with Crippen LogP contribution in [0.5, 0.6) is 0 Å². The lowest BCUT2D eigenvalue weighted by Gasteiger charge is -2.14. The molecule has 0 amide bonds. The Bertz CT molecular complexity index is 8060. The van der Waals surface area contributed by atoms with Gasteiger partial charge in [0.15, 0.2) is 29.1 Å². The lowest BCUT2D eigenvalue weighted by molar-refractivity contribution is 1.06. The smallest absolute Gasteiger partial charge is 0.182 e. The Morgan fingerprint density at radius 3 is 0.860 bits per heavy atom. The number of pyridine rings is 9. The minimum absolute atomic E-state index is 0.528. The number of hydrogen-bond acceptors (Lipinski definition) is 16. The molecule has 642 valence electrons. The van der Waals surface area contributed by atoms with Crippen molar-refractivity contribution in [2.24, 2.45) is 0 Å². The number of hydrogen-bond donors (Lipinski definition) is 0. The second-order valence-corrected chi connectivity index (χ2v) is 33.1. The van der Waals surface area contributed by atoms with E-state index in [2.05, 4.69) is 234 Å². The van der Waals surface area contributed by atoms with Gasteiger partial charge in [-0.3, -0.25) is 29.9 Å². The maximum atomic E-state index is 5.20. The average molecular weight is 1750 g/mol. The third kappa shape index (κ3) is 17.4. The van der Waals surface area contributed by atoms with E-state index in [1.807, 2.05) is 214 Å². The average Bonchev–Trinajstić information content (AvgIpc) is 0.761. The highest BCUT2D eigenvalue weighted by Gasteiger charge is 2.23. The number of benzene rings is 12.